The number of fused-ring (bicyclic) bond motifs is 1. The first-order valence-corrected chi connectivity index (χ1v) is 3.64. The molecule has 3 nitrogen and oxygen atoms in total. The van der Waals surface area contributed by atoms with Crippen LogP contribution in [0, 0.1) is 11.8 Å². The van der Waals surface area contributed by atoms with Crippen LogP contribution in [0.2, 0.25) is 0 Å². The lowest BCUT2D eigenvalue weighted by Crippen LogP contribution is -1.84. The maximum absolute atomic E-state index is 8.16. The smallest absolute Gasteiger partial charge is 0.0473 e. The highest BCUT2D eigenvalue weighted by molar-refractivity contribution is 5.16. The topological polar surface area (TPSA) is 48.8 Å². The summed E-state index contributed by atoms with van der Waals surface area (Å²) in [6.45, 7) is 0. The summed E-state index contributed by atoms with van der Waals surface area (Å²) in [4.78, 5) is 2.81. The molecule has 10 heavy (non-hydrogen) atoms. The average molecular weight is 135 g/mol. The standard InChI is InChI=1S/C7H9N3/c8-10-9-7-5-3-1-2-4-6(5)7/h1,3,5-7H,2,4H2. The third-order valence-corrected chi connectivity index (χ3v) is 2.40. The molecule has 52 valence electrons. The van der Waals surface area contributed by atoms with E-state index in [0.717, 1.165) is 0 Å². The number of azide groups is 1. The van der Waals surface area contributed by atoms with E-state index in [1.165, 1.54) is 12.8 Å². The first kappa shape index (κ1) is 5.81. The van der Waals surface area contributed by atoms with E-state index in [4.69, 9.17) is 5.53 Å². The monoisotopic (exact) mass is 135 g/mol. The Morgan fingerprint density at radius 2 is 2.50 bits per heavy atom. The lowest BCUT2D eigenvalue weighted by Gasteiger charge is -1.96. The Kier molecular flexibility index (Phi) is 1.18. The van der Waals surface area contributed by atoms with Crippen molar-refractivity contribution in [2.45, 2.75) is 18.9 Å². The number of rotatable bonds is 1. The van der Waals surface area contributed by atoms with E-state index in [0.29, 0.717) is 17.9 Å². The molecule has 0 aromatic rings. The fourth-order valence-electron chi connectivity index (χ4n) is 1.77. The second-order valence-electron chi connectivity index (χ2n) is 2.94. The minimum Gasteiger partial charge on any atom is -0.0897 e. The molecule has 3 unspecified atom stereocenters. The van der Waals surface area contributed by atoms with Gasteiger partial charge in [-0.2, -0.15) is 0 Å². The summed E-state index contributed by atoms with van der Waals surface area (Å²) in [6, 6.07) is 0.295. The summed E-state index contributed by atoms with van der Waals surface area (Å²) in [7, 11) is 0. The second kappa shape index (κ2) is 2.03. The third-order valence-electron chi connectivity index (χ3n) is 2.40. The van der Waals surface area contributed by atoms with Crippen LogP contribution < -0.4 is 0 Å². The van der Waals surface area contributed by atoms with Gasteiger partial charge in [0.1, 0.15) is 0 Å². The highest BCUT2D eigenvalue weighted by Crippen LogP contribution is 2.48. The zero-order valence-corrected chi connectivity index (χ0v) is 5.64. The number of nitrogens with zero attached hydrogens (tertiary/aromatic N) is 3. The normalized spacial score (nSPS) is 41.8. The number of hydrogen-bond donors (Lipinski definition) is 0. The molecule has 0 saturated heterocycles. The molecule has 2 aliphatic rings. The van der Waals surface area contributed by atoms with Crippen LogP contribution in [0.3, 0.4) is 0 Å². The molecule has 1 fully saturated rings. The quantitative estimate of drug-likeness (QED) is 0.229. The minimum atomic E-state index is 0.295. The molecule has 0 amide bonds. The zero-order chi connectivity index (χ0) is 6.97. The van der Waals surface area contributed by atoms with Crippen molar-refractivity contribution in [3.63, 3.8) is 0 Å². The first-order chi connectivity index (χ1) is 4.93. The van der Waals surface area contributed by atoms with Gasteiger partial charge in [-0.25, -0.2) is 0 Å². The minimum absolute atomic E-state index is 0.295. The van der Waals surface area contributed by atoms with Crippen LogP contribution in [-0.2, 0) is 0 Å². The van der Waals surface area contributed by atoms with E-state index >= 15 is 0 Å². The molecule has 0 spiro atoms. The van der Waals surface area contributed by atoms with Gasteiger partial charge in [-0.05, 0) is 30.2 Å². The van der Waals surface area contributed by atoms with Crippen molar-refractivity contribution >= 4 is 0 Å². The maximum Gasteiger partial charge on any atom is 0.0473 e. The van der Waals surface area contributed by atoms with E-state index in [2.05, 4.69) is 22.2 Å². The summed E-state index contributed by atoms with van der Waals surface area (Å²) >= 11 is 0. The number of hydrogen-bond acceptors (Lipinski definition) is 1. The molecule has 0 bridgehead atoms. The first-order valence-electron chi connectivity index (χ1n) is 3.64. The van der Waals surface area contributed by atoms with Gasteiger partial charge in [0.05, 0.1) is 0 Å². The molecule has 2 rings (SSSR count). The zero-order valence-electron chi connectivity index (χ0n) is 5.64. The van der Waals surface area contributed by atoms with Crippen molar-refractivity contribution < 1.29 is 0 Å². The van der Waals surface area contributed by atoms with Gasteiger partial charge in [0.2, 0.25) is 0 Å². The van der Waals surface area contributed by atoms with Crippen LogP contribution in [0.1, 0.15) is 12.8 Å². The predicted octanol–water partition coefficient (Wildman–Crippen LogP) is 2.26. The van der Waals surface area contributed by atoms with E-state index in [9.17, 15) is 0 Å². The van der Waals surface area contributed by atoms with Crippen molar-refractivity contribution in [1.82, 2.24) is 0 Å². The molecule has 2 aliphatic carbocycles. The summed E-state index contributed by atoms with van der Waals surface area (Å²) in [6.07, 6.45) is 6.76. The van der Waals surface area contributed by atoms with Gasteiger partial charge in [-0.3, -0.25) is 0 Å². The molecule has 0 aromatic heterocycles. The van der Waals surface area contributed by atoms with Gasteiger partial charge in [0.25, 0.3) is 0 Å². The average Bonchev–Trinajstić information content (AvgIpc) is 2.66. The molecule has 0 aliphatic heterocycles. The third kappa shape index (κ3) is 0.711. The lowest BCUT2D eigenvalue weighted by atomic mass is 10.1. The Hall–Kier alpha value is -0.950. The van der Waals surface area contributed by atoms with Crippen LogP contribution in [-0.4, -0.2) is 6.04 Å². The second-order valence-corrected chi connectivity index (χ2v) is 2.94. The Morgan fingerprint density at radius 3 is 3.10 bits per heavy atom. The molecular weight excluding hydrogens is 126 g/mol. The summed E-state index contributed by atoms with van der Waals surface area (Å²) < 4.78 is 0. The van der Waals surface area contributed by atoms with E-state index in [1.54, 1.807) is 0 Å². The molecule has 0 aromatic carbocycles. The summed E-state index contributed by atoms with van der Waals surface area (Å²) in [5, 5.41) is 3.71. The van der Waals surface area contributed by atoms with Gasteiger partial charge >= 0.3 is 0 Å². The van der Waals surface area contributed by atoms with Gasteiger partial charge in [0, 0.05) is 11.0 Å². The molecule has 0 heterocycles. The van der Waals surface area contributed by atoms with Crippen molar-refractivity contribution in [1.29, 1.82) is 0 Å². The van der Waals surface area contributed by atoms with Crippen molar-refractivity contribution in [2.75, 3.05) is 0 Å². The van der Waals surface area contributed by atoms with Crippen LogP contribution in [0.25, 0.3) is 10.4 Å². The predicted molar refractivity (Wildman–Crippen MR) is 38.3 cm³/mol. The Bertz CT molecular complexity index is 215. The van der Waals surface area contributed by atoms with E-state index in [1.807, 2.05) is 0 Å². The number of allylic oxidation sites excluding steroid dienone is 1. The Balaban J connectivity index is 2.08. The van der Waals surface area contributed by atoms with Crippen LogP contribution >= 0.6 is 0 Å². The van der Waals surface area contributed by atoms with E-state index in [-0.39, 0.29) is 0 Å². The van der Waals surface area contributed by atoms with Gasteiger partial charge < -0.3 is 0 Å². The van der Waals surface area contributed by atoms with Crippen LogP contribution in [0.15, 0.2) is 17.3 Å². The molecule has 3 heteroatoms. The van der Waals surface area contributed by atoms with Gasteiger partial charge in [0.15, 0.2) is 0 Å². The van der Waals surface area contributed by atoms with Crippen molar-refractivity contribution in [3.05, 3.63) is 22.6 Å². The van der Waals surface area contributed by atoms with E-state index < -0.39 is 0 Å². The van der Waals surface area contributed by atoms with Crippen molar-refractivity contribution in [2.24, 2.45) is 17.0 Å². The highest BCUT2D eigenvalue weighted by atomic mass is 15.2. The fourth-order valence-corrected chi connectivity index (χ4v) is 1.77. The van der Waals surface area contributed by atoms with Crippen LogP contribution in [0.4, 0.5) is 0 Å². The summed E-state index contributed by atoms with van der Waals surface area (Å²) in [5.41, 5.74) is 8.16. The molecule has 3 atom stereocenters. The van der Waals surface area contributed by atoms with Crippen LogP contribution in [0.5, 0.6) is 0 Å². The summed E-state index contributed by atoms with van der Waals surface area (Å²) in [5.74, 6) is 1.27. The van der Waals surface area contributed by atoms with Crippen molar-refractivity contribution in [3.8, 4) is 0 Å². The SMILES string of the molecule is [N-]=[N+]=NC1C2C=CCCC21. The molecule has 1 saturated carbocycles. The fraction of sp³-hybridized carbons (Fsp3) is 0.714. The van der Waals surface area contributed by atoms with Gasteiger partial charge in [-0.15, -0.1) is 0 Å². The highest BCUT2D eigenvalue weighted by Gasteiger charge is 2.48. The molecular formula is C7H9N3. The van der Waals surface area contributed by atoms with Gasteiger partial charge in [-0.1, -0.05) is 17.3 Å². The lowest BCUT2D eigenvalue weighted by molar-refractivity contribution is 0.672. The molecule has 0 N–H and O–H groups in total. The Labute approximate surface area is 59.4 Å². The largest absolute Gasteiger partial charge is 0.0897 e. The maximum atomic E-state index is 8.16. The Morgan fingerprint density at radius 1 is 1.60 bits per heavy atom. The molecule has 0 radical (unpaired) electrons.